The van der Waals surface area contributed by atoms with E-state index in [0.717, 1.165) is 18.0 Å². The second-order valence-corrected chi connectivity index (χ2v) is 5.98. The van der Waals surface area contributed by atoms with E-state index in [1.807, 2.05) is 12.1 Å². The molecule has 1 aromatic carbocycles. The van der Waals surface area contributed by atoms with Crippen molar-refractivity contribution in [3.8, 4) is 0 Å². The fourth-order valence-electron chi connectivity index (χ4n) is 3.06. The number of nitrogens with one attached hydrogen (secondary N) is 1. The molecule has 3 N–H and O–H groups in total. The van der Waals surface area contributed by atoms with Crippen LogP contribution in [0.3, 0.4) is 0 Å². The first-order chi connectivity index (χ1) is 8.99. The quantitative estimate of drug-likeness (QED) is 0.645. The molecule has 0 amide bonds. The third kappa shape index (κ3) is 3.16. The number of amidine groups is 1. The standard InChI is InChI=1S/C16H25N3/c1-11(2)15-5-4-8-19(15)10-14-7-6-13(16(17)18)9-12(14)3/h6-7,9,11,15H,4-5,8,10H2,1-3H3,(H3,17,18). The van der Waals surface area contributed by atoms with Crippen molar-refractivity contribution < 1.29 is 0 Å². The van der Waals surface area contributed by atoms with Crippen molar-refractivity contribution in [3.63, 3.8) is 0 Å². The molecule has 3 heteroatoms. The Morgan fingerprint density at radius 3 is 2.79 bits per heavy atom. The van der Waals surface area contributed by atoms with Gasteiger partial charge in [-0.15, -0.1) is 0 Å². The molecule has 0 radical (unpaired) electrons. The van der Waals surface area contributed by atoms with Crippen LogP contribution in [0.25, 0.3) is 0 Å². The van der Waals surface area contributed by atoms with Gasteiger partial charge in [0.1, 0.15) is 5.84 Å². The first kappa shape index (κ1) is 14.1. The Labute approximate surface area is 116 Å². The zero-order chi connectivity index (χ0) is 14.0. The molecule has 2 rings (SSSR count). The van der Waals surface area contributed by atoms with E-state index < -0.39 is 0 Å². The highest BCUT2D eigenvalue weighted by Gasteiger charge is 2.27. The topological polar surface area (TPSA) is 53.1 Å². The number of likely N-dealkylation sites (tertiary alicyclic amines) is 1. The lowest BCUT2D eigenvalue weighted by Crippen LogP contribution is -2.33. The summed E-state index contributed by atoms with van der Waals surface area (Å²) < 4.78 is 0. The number of hydrogen-bond acceptors (Lipinski definition) is 2. The minimum Gasteiger partial charge on any atom is -0.384 e. The zero-order valence-electron chi connectivity index (χ0n) is 12.2. The first-order valence-corrected chi connectivity index (χ1v) is 7.17. The molecule has 0 aliphatic carbocycles. The summed E-state index contributed by atoms with van der Waals surface area (Å²) in [6.07, 6.45) is 2.63. The van der Waals surface area contributed by atoms with Crippen LogP contribution < -0.4 is 5.73 Å². The van der Waals surface area contributed by atoms with Crippen molar-refractivity contribution in [1.29, 1.82) is 5.41 Å². The summed E-state index contributed by atoms with van der Waals surface area (Å²) in [6, 6.07) is 6.83. The van der Waals surface area contributed by atoms with Gasteiger partial charge in [-0.05, 0) is 49.4 Å². The van der Waals surface area contributed by atoms with E-state index in [0.29, 0.717) is 6.04 Å². The lowest BCUT2D eigenvalue weighted by atomic mass is 10.00. The minimum atomic E-state index is 0.149. The van der Waals surface area contributed by atoms with Gasteiger partial charge in [0.15, 0.2) is 0 Å². The molecule has 0 spiro atoms. The lowest BCUT2D eigenvalue weighted by Gasteiger charge is -2.28. The van der Waals surface area contributed by atoms with Gasteiger partial charge in [-0.3, -0.25) is 10.3 Å². The minimum absolute atomic E-state index is 0.149. The van der Waals surface area contributed by atoms with Crippen LogP contribution in [0.4, 0.5) is 0 Å². The largest absolute Gasteiger partial charge is 0.384 e. The van der Waals surface area contributed by atoms with Crippen LogP contribution in [0.15, 0.2) is 18.2 Å². The van der Waals surface area contributed by atoms with Crippen molar-refractivity contribution in [2.45, 2.75) is 46.2 Å². The van der Waals surface area contributed by atoms with E-state index in [4.69, 9.17) is 11.1 Å². The number of rotatable bonds is 4. The molecule has 1 aromatic rings. The average Bonchev–Trinajstić information content (AvgIpc) is 2.79. The Morgan fingerprint density at radius 1 is 1.47 bits per heavy atom. The maximum atomic E-state index is 7.48. The molecule has 1 aliphatic rings. The zero-order valence-corrected chi connectivity index (χ0v) is 12.2. The van der Waals surface area contributed by atoms with Crippen LogP contribution in [0.2, 0.25) is 0 Å². The Kier molecular flexibility index (Phi) is 4.25. The Balaban J connectivity index is 2.13. The summed E-state index contributed by atoms with van der Waals surface area (Å²) >= 11 is 0. The summed E-state index contributed by atoms with van der Waals surface area (Å²) in [5.74, 6) is 0.871. The molecular weight excluding hydrogens is 234 g/mol. The molecular formula is C16H25N3. The van der Waals surface area contributed by atoms with E-state index in [9.17, 15) is 0 Å². The molecule has 19 heavy (non-hydrogen) atoms. The Bertz CT molecular complexity index is 465. The normalized spacial score (nSPS) is 20.1. The van der Waals surface area contributed by atoms with Crippen molar-refractivity contribution in [3.05, 3.63) is 34.9 Å². The average molecular weight is 259 g/mol. The molecule has 1 saturated heterocycles. The number of nitrogens with zero attached hydrogens (tertiary/aromatic N) is 1. The molecule has 1 heterocycles. The SMILES string of the molecule is Cc1cc(C(=N)N)ccc1CN1CCCC1C(C)C. The van der Waals surface area contributed by atoms with E-state index in [1.54, 1.807) is 0 Å². The summed E-state index contributed by atoms with van der Waals surface area (Å²) in [5, 5.41) is 7.48. The van der Waals surface area contributed by atoms with Crippen LogP contribution in [-0.2, 0) is 6.54 Å². The first-order valence-electron chi connectivity index (χ1n) is 7.17. The third-order valence-corrected chi connectivity index (χ3v) is 4.21. The second kappa shape index (κ2) is 5.74. The maximum Gasteiger partial charge on any atom is 0.122 e. The van der Waals surface area contributed by atoms with Crippen molar-refractivity contribution >= 4 is 5.84 Å². The van der Waals surface area contributed by atoms with E-state index in [2.05, 4.69) is 31.7 Å². The van der Waals surface area contributed by atoms with Gasteiger partial charge in [0, 0.05) is 18.2 Å². The number of nitrogen functional groups attached to an aromatic ring is 1. The molecule has 0 saturated carbocycles. The van der Waals surface area contributed by atoms with Gasteiger partial charge in [-0.2, -0.15) is 0 Å². The van der Waals surface area contributed by atoms with Gasteiger partial charge in [0.05, 0.1) is 0 Å². The van der Waals surface area contributed by atoms with E-state index in [1.165, 1.54) is 30.5 Å². The summed E-state index contributed by atoms with van der Waals surface area (Å²) in [4.78, 5) is 2.60. The molecule has 1 aliphatic heterocycles. The van der Waals surface area contributed by atoms with Gasteiger partial charge < -0.3 is 5.73 Å². The van der Waals surface area contributed by atoms with E-state index in [-0.39, 0.29) is 5.84 Å². The van der Waals surface area contributed by atoms with Gasteiger partial charge in [-0.25, -0.2) is 0 Å². The maximum absolute atomic E-state index is 7.48. The Hall–Kier alpha value is -1.35. The molecule has 0 aromatic heterocycles. The fourth-order valence-corrected chi connectivity index (χ4v) is 3.06. The molecule has 1 atom stereocenters. The predicted octanol–water partition coefficient (Wildman–Crippen LogP) is 2.90. The number of aryl methyl sites for hydroxylation is 1. The summed E-state index contributed by atoms with van der Waals surface area (Å²) in [5.41, 5.74) is 8.95. The number of nitrogens with two attached hydrogens (primary N) is 1. The van der Waals surface area contributed by atoms with Gasteiger partial charge in [-0.1, -0.05) is 26.0 Å². The molecule has 1 fully saturated rings. The number of benzene rings is 1. The highest BCUT2D eigenvalue weighted by atomic mass is 15.2. The fraction of sp³-hybridized carbons (Fsp3) is 0.562. The highest BCUT2D eigenvalue weighted by molar-refractivity contribution is 5.95. The smallest absolute Gasteiger partial charge is 0.122 e. The van der Waals surface area contributed by atoms with Crippen molar-refractivity contribution in [2.24, 2.45) is 11.7 Å². The van der Waals surface area contributed by atoms with Gasteiger partial charge >= 0.3 is 0 Å². The second-order valence-electron chi connectivity index (χ2n) is 5.98. The monoisotopic (exact) mass is 259 g/mol. The lowest BCUT2D eigenvalue weighted by molar-refractivity contribution is 0.198. The molecule has 1 unspecified atom stereocenters. The summed E-state index contributed by atoms with van der Waals surface area (Å²) in [6.45, 7) is 8.97. The van der Waals surface area contributed by atoms with Gasteiger partial charge in [0.25, 0.3) is 0 Å². The third-order valence-electron chi connectivity index (χ3n) is 4.21. The van der Waals surface area contributed by atoms with E-state index >= 15 is 0 Å². The summed E-state index contributed by atoms with van der Waals surface area (Å²) in [7, 11) is 0. The van der Waals surface area contributed by atoms with Crippen LogP contribution in [0.5, 0.6) is 0 Å². The molecule has 0 bridgehead atoms. The van der Waals surface area contributed by atoms with Crippen LogP contribution in [-0.4, -0.2) is 23.3 Å². The molecule has 104 valence electrons. The van der Waals surface area contributed by atoms with Crippen LogP contribution in [0, 0.1) is 18.3 Å². The van der Waals surface area contributed by atoms with Crippen LogP contribution in [0.1, 0.15) is 43.4 Å². The van der Waals surface area contributed by atoms with Crippen molar-refractivity contribution in [1.82, 2.24) is 4.90 Å². The van der Waals surface area contributed by atoms with Crippen molar-refractivity contribution in [2.75, 3.05) is 6.54 Å². The predicted molar refractivity (Wildman–Crippen MR) is 80.5 cm³/mol. The molecule has 3 nitrogen and oxygen atoms in total. The van der Waals surface area contributed by atoms with Gasteiger partial charge in [0.2, 0.25) is 0 Å². The number of hydrogen-bond donors (Lipinski definition) is 2. The Morgan fingerprint density at radius 2 is 2.21 bits per heavy atom. The highest BCUT2D eigenvalue weighted by Crippen LogP contribution is 2.26. The van der Waals surface area contributed by atoms with Crippen LogP contribution >= 0.6 is 0 Å².